The second kappa shape index (κ2) is 10.5. The molecule has 2 atom stereocenters. The highest BCUT2D eigenvalue weighted by Gasteiger charge is 2.37. The molecular weight excluding hydrogens is 495 g/mol. The predicted octanol–water partition coefficient (Wildman–Crippen LogP) is 6.43. The van der Waals surface area contributed by atoms with Crippen molar-refractivity contribution in [3.05, 3.63) is 46.6 Å². The highest BCUT2D eigenvalue weighted by molar-refractivity contribution is 7.80. The Hall–Kier alpha value is -2.13. The van der Waals surface area contributed by atoms with E-state index in [4.69, 9.17) is 23.8 Å². The Morgan fingerprint density at radius 3 is 2.34 bits per heavy atom. The third-order valence-corrected chi connectivity index (χ3v) is 7.52. The van der Waals surface area contributed by atoms with E-state index in [1.165, 1.54) is 5.56 Å². The maximum Gasteiger partial charge on any atom is 0.433 e. The monoisotopic (exact) mass is 525 g/mol. The van der Waals surface area contributed by atoms with Gasteiger partial charge in [-0.3, -0.25) is 0 Å². The molecule has 0 amide bonds. The Kier molecular flexibility index (Phi) is 7.76. The molecule has 5 nitrogen and oxygen atoms in total. The van der Waals surface area contributed by atoms with Crippen LogP contribution in [0.1, 0.15) is 57.2 Å². The van der Waals surface area contributed by atoms with Crippen LogP contribution < -0.4 is 15.5 Å². The quantitative estimate of drug-likeness (QED) is 0.439. The van der Waals surface area contributed by atoms with Crippen LogP contribution in [0.3, 0.4) is 0 Å². The Bertz CT molecular complexity index is 1030. The molecule has 190 valence electrons. The number of nitrogens with zero attached hydrogens (tertiary/aromatic N) is 3. The van der Waals surface area contributed by atoms with Crippen molar-refractivity contribution in [2.75, 3.05) is 29.9 Å². The highest BCUT2D eigenvalue weighted by Crippen LogP contribution is 2.41. The first-order chi connectivity index (χ1) is 16.5. The summed E-state index contributed by atoms with van der Waals surface area (Å²) in [6.07, 6.45) is 0.676. The smallest absolute Gasteiger partial charge is 0.361 e. The largest absolute Gasteiger partial charge is 0.433 e. The Morgan fingerprint density at radius 2 is 1.74 bits per heavy atom. The fourth-order valence-electron chi connectivity index (χ4n) is 5.47. The van der Waals surface area contributed by atoms with E-state index < -0.39 is 11.9 Å². The number of piperidine rings is 1. The van der Waals surface area contributed by atoms with Gasteiger partial charge in [0.15, 0.2) is 10.8 Å². The number of hydrogen-bond donors (Lipinski definition) is 2. The summed E-state index contributed by atoms with van der Waals surface area (Å²) in [4.78, 5) is 10.0. The second-order valence-electron chi connectivity index (χ2n) is 10.1. The molecule has 0 radical (unpaired) electrons. The van der Waals surface area contributed by atoms with Crippen LogP contribution in [-0.2, 0) is 11.6 Å². The van der Waals surface area contributed by atoms with Crippen molar-refractivity contribution in [1.29, 1.82) is 0 Å². The van der Waals surface area contributed by atoms with Crippen molar-refractivity contribution >= 4 is 40.7 Å². The molecule has 2 heterocycles. The van der Waals surface area contributed by atoms with E-state index in [0.29, 0.717) is 36.5 Å². The zero-order chi connectivity index (χ0) is 25.2. The van der Waals surface area contributed by atoms with Crippen LogP contribution in [0.25, 0.3) is 0 Å². The summed E-state index contributed by atoms with van der Waals surface area (Å²) in [5.41, 5.74) is 0.101. The minimum Gasteiger partial charge on any atom is -0.361 e. The molecule has 1 saturated heterocycles. The van der Waals surface area contributed by atoms with E-state index in [1.54, 1.807) is 0 Å². The average molecular weight is 526 g/mol. The molecule has 1 aromatic carbocycles. The number of thiocarbonyl (C=S) groups is 1. The van der Waals surface area contributed by atoms with E-state index >= 15 is 0 Å². The number of halogens is 4. The van der Waals surface area contributed by atoms with Gasteiger partial charge in [0.05, 0.1) is 0 Å². The molecule has 1 aromatic heterocycles. The van der Waals surface area contributed by atoms with Crippen LogP contribution in [0.2, 0.25) is 5.02 Å². The molecular formula is C25H31ClF3N5S. The highest BCUT2D eigenvalue weighted by atomic mass is 35.5. The minimum absolute atomic E-state index is 0.101. The molecule has 1 aliphatic heterocycles. The predicted molar refractivity (Wildman–Crippen MR) is 138 cm³/mol. The van der Waals surface area contributed by atoms with Crippen LogP contribution >= 0.6 is 23.8 Å². The lowest BCUT2D eigenvalue weighted by Crippen LogP contribution is -2.41. The third-order valence-electron chi connectivity index (χ3n) is 7.03. The zero-order valence-electron chi connectivity index (χ0n) is 20.0. The topological polar surface area (TPSA) is 53.1 Å². The Morgan fingerprint density at radius 1 is 1.11 bits per heavy atom. The lowest BCUT2D eigenvalue weighted by Gasteiger charge is -2.36. The molecule has 4 rings (SSSR count). The third kappa shape index (κ3) is 6.36. The molecule has 1 aliphatic carbocycles. The maximum absolute atomic E-state index is 13.6. The van der Waals surface area contributed by atoms with Crippen LogP contribution in [0.4, 0.5) is 24.9 Å². The zero-order valence-corrected chi connectivity index (χ0v) is 21.5. The standard InChI is InChI=1S/C25H31ClF3N5S/c1-16-11-17(2)14-34(13-16)21-12-20(25(27,28)29)31-22(32-21)33-23(35)30-15-24(9-3-4-10-24)18-5-7-19(26)8-6-18/h5-8,12,16-17H,3-4,9-11,13-15H2,1-2H3,(H2,30,31,32,33,35)/t16-,17-/m1/s1. The summed E-state index contributed by atoms with van der Waals surface area (Å²) in [5.74, 6) is 0.866. The first kappa shape index (κ1) is 25.9. The number of benzene rings is 1. The summed E-state index contributed by atoms with van der Waals surface area (Å²) in [6, 6.07) is 8.87. The number of hydrogen-bond acceptors (Lipinski definition) is 4. The van der Waals surface area contributed by atoms with E-state index in [2.05, 4.69) is 34.4 Å². The number of aromatic nitrogens is 2. The Balaban J connectivity index is 1.50. The Labute approximate surface area is 214 Å². The summed E-state index contributed by atoms with van der Waals surface area (Å²) in [5, 5.41) is 6.91. The lowest BCUT2D eigenvalue weighted by molar-refractivity contribution is -0.141. The lowest BCUT2D eigenvalue weighted by atomic mass is 9.79. The number of alkyl halides is 3. The van der Waals surface area contributed by atoms with Crippen LogP contribution in [0.15, 0.2) is 30.3 Å². The SMILES string of the molecule is C[C@@H]1C[C@@H](C)CN(c2cc(C(F)(F)F)nc(NC(=S)NCC3(c4ccc(Cl)cc4)CCCC3)n2)C1. The maximum atomic E-state index is 13.6. The summed E-state index contributed by atoms with van der Waals surface area (Å²) >= 11 is 11.5. The summed E-state index contributed by atoms with van der Waals surface area (Å²) in [6.45, 7) is 6.08. The number of anilines is 2. The van der Waals surface area contributed by atoms with Gasteiger partial charge >= 0.3 is 6.18 Å². The molecule has 2 aromatic rings. The van der Waals surface area contributed by atoms with Gasteiger partial charge in [-0.15, -0.1) is 0 Å². The fraction of sp³-hybridized carbons (Fsp3) is 0.560. The van der Waals surface area contributed by atoms with Gasteiger partial charge in [0, 0.05) is 36.1 Å². The van der Waals surface area contributed by atoms with E-state index in [9.17, 15) is 13.2 Å². The van der Waals surface area contributed by atoms with E-state index in [-0.39, 0.29) is 22.3 Å². The van der Waals surface area contributed by atoms with Crippen molar-refractivity contribution in [2.45, 2.75) is 57.5 Å². The fourth-order valence-corrected chi connectivity index (χ4v) is 5.75. The summed E-state index contributed by atoms with van der Waals surface area (Å²) < 4.78 is 40.9. The van der Waals surface area contributed by atoms with Crippen molar-refractivity contribution in [3.63, 3.8) is 0 Å². The van der Waals surface area contributed by atoms with Crippen molar-refractivity contribution < 1.29 is 13.2 Å². The summed E-state index contributed by atoms with van der Waals surface area (Å²) in [7, 11) is 0. The van der Waals surface area contributed by atoms with Crippen LogP contribution in [0.5, 0.6) is 0 Å². The van der Waals surface area contributed by atoms with Gasteiger partial charge in [-0.2, -0.15) is 18.2 Å². The van der Waals surface area contributed by atoms with Gasteiger partial charge in [-0.05, 0) is 61.0 Å². The van der Waals surface area contributed by atoms with Gasteiger partial charge in [-0.1, -0.05) is 50.4 Å². The van der Waals surface area contributed by atoms with Crippen LogP contribution in [-0.4, -0.2) is 34.7 Å². The molecule has 0 bridgehead atoms. The van der Waals surface area contributed by atoms with E-state index in [1.807, 2.05) is 29.2 Å². The van der Waals surface area contributed by atoms with Gasteiger partial charge in [-0.25, -0.2) is 4.98 Å². The molecule has 2 N–H and O–H groups in total. The molecule has 0 unspecified atom stereocenters. The molecule has 1 saturated carbocycles. The number of rotatable bonds is 5. The minimum atomic E-state index is -4.58. The van der Waals surface area contributed by atoms with Crippen LogP contribution in [0, 0.1) is 11.8 Å². The number of nitrogens with one attached hydrogen (secondary N) is 2. The van der Waals surface area contributed by atoms with Crippen molar-refractivity contribution in [1.82, 2.24) is 15.3 Å². The molecule has 2 fully saturated rings. The van der Waals surface area contributed by atoms with Crippen molar-refractivity contribution in [3.8, 4) is 0 Å². The van der Waals surface area contributed by atoms with Gasteiger partial charge in [0.25, 0.3) is 0 Å². The van der Waals surface area contributed by atoms with Gasteiger partial charge in [0.2, 0.25) is 5.95 Å². The van der Waals surface area contributed by atoms with E-state index in [0.717, 1.165) is 38.2 Å². The normalized spacial score (nSPS) is 22.2. The molecule has 0 spiro atoms. The van der Waals surface area contributed by atoms with Gasteiger partial charge in [0.1, 0.15) is 5.82 Å². The first-order valence-corrected chi connectivity index (χ1v) is 12.8. The molecule has 10 heteroatoms. The molecule has 35 heavy (non-hydrogen) atoms. The second-order valence-corrected chi connectivity index (χ2v) is 10.9. The van der Waals surface area contributed by atoms with Crippen molar-refractivity contribution in [2.24, 2.45) is 11.8 Å². The first-order valence-electron chi connectivity index (χ1n) is 12.1. The average Bonchev–Trinajstić information content (AvgIpc) is 3.27. The van der Waals surface area contributed by atoms with Gasteiger partial charge < -0.3 is 15.5 Å². The molecule has 2 aliphatic rings.